The number of nitrogens with one attached hydrogen (secondary N) is 2. The number of thiophene rings is 1. The summed E-state index contributed by atoms with van der Waals surface area (Å²) in [4.78, 5) is 15.9. The largest absolute Gasteiger partial charge is 0.355 e. The first-order valence-corrected chi connectivity index (χ1v) is 13.0. The van der Waals surface area contributed by atoms with E-state index in [1.807, 2.05) is 17.6 Å². The Balaban J connectivity index is 1.48. The second-order valence-electron chi connectivity index (χ2n) is 7.69. The van der Waals surface area contributed by atoms with Crippen molar-refractivity contribution in [1.29, 1.82) is 0 Å². The monoisotopic (exact) mass is 473 g/mol. The van der Waals surface area contributed by atoms with Crippen LogP contribution in [-0.2, 0) is 21.4 Å². The van der Waals surface area contributed by atoms with Gasteiger partial charge in [-0.1, -0.05) is 24.3 Å². The molecular weight excluding hydrogens is 446 g/mol. The van der Waals surface area contributed by atoms with Crippen LogP contribution in [0.4, 0.5) is 0 Å². The maximum Gasteiger partial charge on any atom is 0.243 e. The Morgan fingerprint density at radius 1 is 1.03 bits per heavy atom. The molecule has 1 aromatic carbocycles. The lowest BCUT2D eigenvalue weighted by atomic mass is 10.2. The molecule has 170 valence electrons. The van der Waals surface area contributed by atoms with Gasteiger partial charge in [-0.3, -0.25) is 14.8 Å². The molecule has 1 fully saturated rings. The van der Waals surface area contributed by atoms with E-state index in [4.69, 9.17) is 0 Å². The van der Waals surface area contributed by atoms with E-state index in [0.29, 0.717) is 39.1 Å². The van der Waals surface area contributed by atoms with Gasteiger partial charge in [0.15, 0.2) is 0 Å². The van der Waals surface area contributed by atoms with Crippen molar-refractivity contribution in [2.24, 2.45) is 0 Å². The number of hydrogen-bond acceptors (Lipinski definition) is 6. The molecule has 3 heterocycles. The van der Waals surface area contributed by atoms with E-state index in [0.717, 1.165) is 16.1 Å². The van der Waals surface area contributed by atoms with Crippen molar-refractivity contribution >= 4 is 27.3 Å². The minimum Gasteiger partial charge on any atom is -0.355 e. The summed E-state index contributed by atoms with van der Waals surface area (Å²) in [5, 5.41) is 12.3. The van der Waals surface area contributed by atoms with Crippen LogP contribution in [0.25, 0.3) is 10.6 Å². The quantitative estimate of drug-likeness (QED) is 0.593. The molecule has 2 aromatic heterocycles. The molecule has 3 aromatic rings. The van der Waals surface area contributed by atoms with Crippen molar-refractivity contribution in [1.82, 2.24) is 24.7 Å². The first kappa shape index (κ1) is 22.7. The highest BCUT2D eigenvalue weighted by Crippen LogP contribution is 2.26. The zero-order valence-electron chi connectivity index (χ0n) is 17.7. The zero-order chi connectivity index (χ0) is 22.4. The number of hydrogen-bond donors (Lipinski definition) is 2. The summed E-state index contributed by atoms with van der Waals surface area (Å²) in [6, 6.07) is 12.5. The van der Waals surface area contributed by atoms with Crippen LogP contribution < -0.4 is 5.32 Å². The Bertz CT molecular complexity index is 1110. The highest BCUT2D eigenvalue weighted by Gasteiger charge is 2.25. The van der Waals surface area contributed by atoms with Crippen molar-refractivity contribution < 1.29 is 13.2 Å². The average molecular weight is 474 g/mol. The minimum atomic E-state index is -3.65. The van der Waals surface area contributed by atoms with E-state index in [1.165, 1.54) is 4.31 Å². The maximum absolute atomic E-state index is 13.1. The molecular formula is C22H27N5O3S2. The molecule has 8 nitrogen and oxygen atoms in total. The summed E-state index contributed by atoms with van der Waals surface area (Å²) in [6.45, 7) is 3.14. The van der Waals surface area contributed by atoms with Crippen LogP contribution in [0.3, 0.4) is 0 Å². The van der Waals surface area contributed by atoms with Crippen molar-refractivity contribution in [2.45, 2.75) is 24.3 Å². The van der Waals surface area contributed by atoms with E-state index in [-0.39, 0.29) is 23.8 Å². The normalized spacial score (nSPS) is 17.6. The van der Waals surface area contributed by atoms with Gasteiger partial charge in [-0.2, -0.15) is 9.40 Å². The molecule has 4 rings (SSSR count). The van der Waals surface area contributed by atoms with Crippen LogP contribution in [0.1, 0.15) is 18.4 Å². The third kappa shape index (κ3) is 5.44. The van der Waals surface area contributed by atoms with Crippen LogP contribution in [-0.4, -0.2) is 66.5 Å². The smallest absolute Gasteiger partial charge is 0.243 e. The summed E-state index contributed by atoms with van der Waals surface area (Å²) >= 11 is 1.65. The van der Waals surface area contributed by atoms with Gasteiger partial charge in [0.25, 0.3) is 0 Å². The van der Waals surface area contributed by atoms with Gasteiger partial charge in [0.1, 0.15) is 0 Å². The highest BCUT2D eigenvalue weighted by molar-refractivity contribution is 7.89. The first-order chi connectivity index (χ1) is 15.5. The van der Waals surface area contributed by atoms with Gasteiger partial charge < -0.3 is 5.32 Å². The van der Waals surface area contributed by atoms with E-state index in [2.05, 4.69) is 26.5 Å². The molecule has 1 aliphatic rings. The van der Waals surface area contributed by atoms with Gasteiger partial charge in [-0.25, -0.2) is 8.42 Å². The van der Waals surface area contributed by atoms with Gasteiger partial charge in [-0.15, -0.1) is 11.3 Å². The Morgan fingerprint density at radius 2 is 1.88 bits per heavy atom. The Hall–Kier alpha value is -2.53. The molecule has 1 amide bonds. The number of H-pyrrole nitrogens is 1. The van der Waals surface area contributed by atoms with Crippen LogP contribution in [0.5, 0.6) is 0 Å². The summed E-state index contributed by atoms with van der Waals surface area (Å²) in [5.41, 5.74) is 2.09. The van der Waals surface area contributed by atoms with Gasteiger partial charge in [0, 0.05) is 44.7 Å². The lowest BCUT2D eigenvalue weighted by Gasteiger charge is -2.24. The molecule has 0 saturated carbocycles. The van der Waals surface area contributed by atoms with Crippen molar-refractivity contribution in [3.8, 4) is 10.6 Å². The lowest BCUT2D eigenvalue weighted by Crippen LogP contribution is -2.36. The number of nitrogens with zero attached hydrogens (tertiary/aromatic N) is 3. The average Bonchev–Trinajstić information content (AvgIpc) is 3.47. The second-order valence-corrected chi connectivity index (χ2v) is 10.6. The number of carbonyl (C=O) groups is 1. The number of aromatic amines is 1. The SMILES string of the molecule is O=C1CCN(S(=O)(=O)c2ccccc2)CCCN(Cc2cn[nH]c2-c2cccs2)CCN1. The summed E-state index contributed by atoms with van der Waals surface area (Å²) in [5.74, 6) is -0.136. The van der Waals surface area contributed by atoms with Crippen LogP contribution in [0, 0.1) is 0 Å². The Morgan fingerprint density at radius 3 is 2.66 bits per heavy atom. The molecule has 10 heteroatoms. The van der Waals surface area contributed by atoms with Gasteiger partial charge in [0.05, 0.1) is 21.7 Å². The maximum atomic E-state index is 13.1. The molecule has 1 aliphatic heterocycles. The molecule has 0 bridgehead atoms. The highest BCUT2D eigenvalue weighted by atomic mass is 32.2. The molecule has 0 spiro atoms. The fourth-order valence-electron chi connectivity index (χ4n) is 3.81. The Kier molecular flexibility index (Phi) is 7.36. The molecule has 0 atom stereocenters. The number of benzene rings is 1. The summed E-state index contributed by atoms with van der Waals surface area (Å²) in [6.07, 6.45) is 2.66. The van der Waals surface area contributed by atoms with Crippen molar-refractivity contribution in [2.75, 3.05) is 32.7 Å². The predicted molar refractivity (Wildman–Crippen MR) is 125 cm³/mol. The van der Waals surface area contributed by atoms with E-state index >= 15 is 0 Å². The Labute approximate surface area is 192 Å². The predicted octanol–water partition coefficient (Wildman–Crippen LogP) is 2.54. The number of sulfonamides is 1. The molecule has 0 aliphatic carbocycles. The molecule has 1 saturated heterocycles. The zero-order valence-corrected chi connectivity index (χ0v) is 19.4. The summed E-state index contributed by atoms with van der Waals surface area (Å²) < 4.78 is 27.7. The molecule has 0 radical (unpaired) electrons. The summed E-state index contributed by atoms with van der Waals surface area (Å²) in [7, 11) is -3.65. The number of aromatic nitrogens is 2. The molecule has 2 N–H and O–H groups in total. The third-order valence-corrected chi connectivity index (χ3v) is 8.28. The van der Waals surface area contributed by atoms with Crippen LogP contribution >= 0.6 is 11.3 Å². The first-order valence-electron chi connectivity index (χ1n) is 10.6. The van der Waals surface area contributed by atoms with Gasteiger partial charge in [-0.05, 0) is 36.5 Å². The lowest BCUT2D eigenvalue weighted by molar-refractivity contribution is -0.121. The number of rotatable bonds is 5. The second kappa shape index (κ2) is 10.4. The van der Waals surface area contributed by atoms with Crippen LogP contribution in [0.15, 0.2) is 58.9 Å². The number of amides is 1. The number of carbonyl (C=O) groups excluding carboxylic acids is 1. The van der Waals surface area contributed by atoms with Crippen LogP contribution in [0.2, 0.25) is 0 Å². The van der Waals surface area contributed by atoms with Gasteiger partial charge in [0.2, 0.25) is 15.9 Å². The van der Waals surface area contributed by atoms with Gasteiger partial charge >= 0.3 is 0 Å². The van der Waals surface area contributed by atoms with E-state index in [1.54, 1.807) is 41.7 Å². The minimum absolute atomic E-state index is 0.136. The topological polar surface area (TPSA) is 98.4 Å². The van der Waals surface area contributed by atoms with Crippen molar-refractivity contribution in [3.05, 3.63) is 59.6 Å². The van der Waals surface area contributed by atoms with E-state index < -0.39 is 10.0 Å². The third-order valence-electron chi connectivity index (χ3n) is 5.48. The molecule has 0 unspecified atom stereocenters. The fraction of sp³-hybridized carbons (Fsp3) is 0.364. The van der Waals surface area contributed by atoms with Crippen molar-refractivity contribution in [3.63, 3.8) is 0 Å². The fourth-order valence-corrected chi connectivity index (χ4v) is 6.06. The molecule has 32 heavy (non-hydrogen) atoms. The van der Waals surface area contributed by atoms with E-state index in [9.17, 15) is 13.2 Å². The standard InChI is InChI=1S/C22H27N5O3S2/c28-21-9-13-27(32(29,30)19-6-2-1-3-7-19)12-5-11-26(14-10-23-21)17-18-16-24-25-22(18)20-8-4-15-31-20/h1-4,6-8,15-16H,5,9-14,17H2,(H,23,28)(H,24,25).